The van der Waals surface area contributed by atoms with Crippen LogP contribution in [-0.4, -0.2) is 32.0 Å². The molecule has 1 aliphatic rings. The smallest absolute Gasteiger partial charge is 0.206 e. The Kier molecular flexibility index (Phi) is 6.92. The Hall–Kier alpha value is -1.09. The second kappa shape index (κ2) is 8.81. The first-order valence-corrected chi connectivity index (χ1v) is 15.7. The number of nitrogens with zero attached hydrogens (tertiary/aromatic N) is 1. The molecular weight excluding hydrogens is 400 g/mol. The first-order valence-electron chi connectivity index (χ1n) is 11.7. The van der Waals surface area contributed by atoms with Gasteiger partial charge < -0.3 is 0 Å². The highest BCUT2D eigenvalue weighted by Gasteiger charge is 2.57. The van der Waals surface area contributed by atoms with Gasteiger partial charge in [0.2, 0.25) is 13.6 Å². The van der Waals surface area contributed by atoms with E-state index in [0.717, 1.165) is 23.7 Å². The fourth-order valence-corrected chi connectivity index (χ4v) is 18.0. The predicted molar refractivity (Wildman–Crippen MR) is 139 cm³/mol. The van der Waals surface area contributed by atoms with Crippen LogP contribution in [0.25, 0.3) is 0 Å². The first kappa shape index (κ1) is 23.6. The summed E-state index contributed by atoms with van der Waals surface area (Å²) in [6.07, 6.45) is 0.377. The van der Waals surface area contributed by atoms with Gasteiger partial charge in [0.15, 0.2) is 0 Å². The van der Waals surface area contributed by atoms with Crippen molar-refractivity contribution in [1.82, 2.24) is 4.67 Å². The van der Waals surface area contributed by atoms with Crippen molar-refractivity contribution in [2.75, 3.05) is 13.1 Å². The van der Waals surface area contributed by atoms with Crippen LogP contribution in [-0.2, 0) is 4.57 Å². The Morgan fingerprint density at radius 2 is 1.13 bits per heavy atom. The lowest BCUT2D eigenvalue weighted by atomic mass is 9.60. The number of hydrogen-bond acceptors (Lipinski definition) is 1. The predicted octanol–water partition coefficient (Wildman–Crippen LogP) is 4.94. The highest BCUT2D eigenvalue weighted by Crippen LogP contribution is 2.50. The number of hydrogen-bond donors (Lipinski definition) is 0. The zero-order valence-electron chi connectivity index (χ0n) is 20.1. The average Bonchev–Trinajstić information content (AvgIpc) is 2.71. The van der Waals surface area contributed by atoms with Crippen molar-refractivity contribution in [2.45, 2.75) is 72.0 Å². The molecule has 0 bridgehead atoms. The summed E-state index contributed by atoms with van der Waals surface area (Å²) in [6, 6.07) is 17.4. The molecule has 30 heavy (non-hydrogen) atoms. The van der Waals surface area contributed by atoms with Crippen LogP contribution in [0.15, 0.2) is 48.5 Å². The van der Waals surface area contributed by atoms with E-state index in [4.69, 9.17) is 0 Å². The second-order valence-corrected chi connectivity index (χ2v) is 18.5. The van der Waals surface area contributed by atoms with E-state index in [1.165, 1.54) is 10.9 Å². The van der Waals surface area contributed by atoms with Crippen molar-refractivity contribution in [3.8, 4) is 0 Å². The molecule has 0 spiro atoms. The summed E-state index contributed by atoms with van der Waals surface area (Å²) in [4.78, 5) is 0. The van der Waals surface area contributed by atoms with E-state index >= 15 is 0 Å². The summed E-state index contributed by atoms with van der Waals surface area (Å²) in [5.74, 6) is 0. The molecule has 0 aliphatic carbocycles. The molecule has 1 aliphatic heterocycles. The van der Waals surface area contributed by atoms with Gasteiger partial charge in [-0.2, -0.15) is 0 Å². The van der Waals surface area contributed by atoms with Gasteiger partial charge in [-0.05, 0) is 0 Å². The van der Waals surface area contributed by atoms with Crippen LogP contribution in [0.5, 0.6) is 0 Å². The maximum Gasteiger partial charge on any atom is 0.206 e. The van der Waals surface area contributed by atoms with Crippen molar-refractivity contribution < 1.29 is 4.57 Å². The molecular formula is C25H39BNOPSi. The SMILES string of the molecule is CCN(CC)P1(=O)c2ccccc2B([Si](C(C)C)(C(C)C)C(C)C)c2ccccc21. The van der Waals surface area contributed by atoms with Gasteiger partial charge in [-0.15, -0.1) is 0 Å². The van der Waals surface area contributed by atoms with E-state index < -0.39 is 15.2 Å². The Morgan fingerprint density at radius 1 is 0.767 bits per heavy atom. The minimum absolute atomic E-state index is 0.377. The zero-order chi connectivity index (χ0) is 22.3. The molecule has 0 amide bonds. The van der Waals surface area contributed by atoms with Gasteiger partial charge in [0, 0.05) is 31.6 Å². The van der Waals surface area contributed by atoms with Crippen molar-refractivity contribution in [3.05, 3.63) is 48.5 Å². The molecule has 0 atom stereocenters. The average molecular weight is 439 g/mol. The minimum atomic E-state index is -2.85. The normalized spacial score (nSPS) is 15.8. The second-order valence-electron chi connectivity index (χ2n) is 9.73. The lowest BCUT2D eigenvalue weighted by Crippen LogP contribution is -2.75. The van der Waals surface area contributed by atoms with Crippen molar-refractivity contribution in [3.63, 3.8) is 0 Å². The van der Waals surface area contributed by atoms with Gasteiger partial charge in [-0.1, -0.05) is 131 Å². The van der Waals surface area contributed by atoms with E-state index in [0.29, 0.717) is 22.9 Å². The van der Waals surface area contributed by atoms with Gasteiger partial charge in [0.05, 0.1) is 0 Å². The fourth-order valence-electron chi connectivity index (χ4n) is 6.78. The monoisotopic (exact) mass is 439 g/mol. The Bertz CT molecular complexity index is 865. The third-order valence-corrected chi connectivity index (χ3v) is 18.9. The molecule has 1 heterocycles. The van der Waals surface area contributed by atoms with Crippen LogP contribution in [0.4, 0.5) is 0 Å². The molecule has 0 fully saturated rings. The van der Waals surface area contributed by atoms with Gasteiger partial charge >= 0.3 is 0 Å². The van der Waals surface area contributed by atoms with E-state index in [1.54, 1.807) is 0 Å². The van der Waals surface area contributed by atoms with Gasteiger partial charge in [-0.25, -0.2) is 4.67 Å². The summed E-state index contributed by atoms with van der Waals surface area (Å²) in [6.45, 7) is 20.5. The molecule has 0 radical (unpaired) electrons. The quantitative estimate of drug-likeness (QED) is 0.450. The first-order chi connectivity index (χ1) is 14.2. The fraction of sp³-hybridized carbons (Fsp3) is 0.520. The van der Waals surface area contributed by atoms with Crippen LogP contribution in [0, 0.1) is 0 Å². The van der Waals surface area contributed by atoms with Crippen LogP contribution in [0.3, 0.4) is 0 Å². The van der Waals surface area contributed by atoms with Gasteiger partial charge in [-0.3, -0.25) is 4.57 Å². The van der Waals surface area contributed by atoms with E-state index in [9.17, 15) is 4.57 Å². The van der Waals surface area contributed by atoms with Crippen molar-refractivity contribution in [2.24, 2.45) is 0 Å². The van der Waals surface area contributed by atoms with Crippen LogP contribution in [0.1, 0.15) is 55.4 Å². The molecule has 0 saturated carbocycles. The largest absolute Gasteiger partial charge is 0.296 e. The van der Waals surface area contributed by atoms with E-state index in [2.05, 4.69) is 109 Å². The molecule has 5 heteroatoms. The molecule has 2 aromatic carbocycles. The highest BCUT2D eigenvalue weighted by molar-refractivity contribution is 7.79. The van der Waals surface area contributed by atoms with Crippen molar-refractivity contribution >= 4 is 43.1 Å². The molecule has 3 rings (SSSR count). The summed E-state index contributed by atoms with van der Waals surface area (Å²) in [5.41, 5.74) is 4.59. The molecule has 0 saturated heterocycles. The summed E-state index contributed by atoms with van der Waals surface area (Å²) in [7, 11) is -4.73. The zero-order valence-corrected chi connectivity index (χ0v) is 22.0. The maximum absolute atomic E-state index is 15.0. The Balaban J connectivity index is 2.46. The highest BCUT2D eigenvalue weighted by atomic mass is 31.2. The van der Waals surface area contributed by atoms with Gasteiger partial charge in [0.1, 0.15) is 0 Å². The van der Waals surface area contributed by atoms with Crippen LogP contribution in [0.2, 0.25) is 16.6 Å². The molecule has 0 aromatic heterocycles. The summed E-state index contributed by atoms with van der Waals surface area (Å²) >= 11 is 0. The Morgan fingerprint density at radius 3 is 1.47 bits per heavy atom. The lowest BCUT2D eigenvalue weighted by Gasteiger charge is -2.51. The topological polar surface area (TPSA) is 20.3 Å². The third kappa shape index (κ3) is 3.22. The minimum Gasteiger partial charge on any atom is -0.296 e. The Labute approximate surface area is 185 Å². The number of fused-ring (bicyclic) bond motifs is 2. The van der Waals surface area contributed by atoms with Crippen LogP contribution >= 0.6 is 7.29 Å². The number of benzene rings is 2. The summed E-state index contributed by atoms with van der Waals surface area (Å²) < 4.78 is 17.2. The lowest BCUT2D eigenvalue weighted by molar-refractivity contribution is 0.458. The summed E-state index contributed by atoms with van der Waals surface area (Å²) in [5, 5.41) is 2.19. The standard InChI is InChI=1S/C25H39BNOPSi/c1-9-27(10-2)29(28)24-17-13-11-15-22(24)26(23-16-12-14-18-25(23)29)30(19(3)4,20(5)6)21(7)8/h11-21H,9-10H2,1-8H3. The van der Waals surface area contributed by atoms with Crippen LogP contribution < -0.4 is 21.5 Å². The molecule has 0 N–H and O–H groups in total. The molecule has 2 nitrogen and oxygen atoms in total. The maximum atomic E-state index is 15.0. The molecule has 162 valence electrons. The van der Waals surface area contributed by atoms with E-state index in [1.807, 2.05) is 0 Å². The van der Waals surface area contributed by atoms with E-state index in [-0.39, 0.29) is 0 Å². The molecule has 0 unspecified atom stereocenters. The molecule has 2 aromatic rings. The number of rotatable bonds is 7. The third-order valence-electron chi connectivity index (χ3n) is 7.78. The van der Waals surface area contributed by atoms with Gasteiger partial charge in [0.25, 0.3) is 0 Å². The van der Waals surface area contributed by atoms with Crippen molar-refractivity contribution in [1.29, 1.82) is 0 Å².